The lowest BCUT2D eigenvalue weighted by Gasteiger charge is -2.17. The van der Waals surface area contributed by atoms with Gasteiger partial charge in [0, 0.05) is 31.3 Å². The topological polar surface area (TPSA) is 173 Å². The first-order valence-corrected chi connectivity index (χ1v) is 9.19. The number of nitrogens with two attached hydrogens (primary N) is 2. The molecule has 3 rings (SSSR count). The summed E-state index contributed by atoms with van der Waals surface area (Å²) in [5.41, 5.74) is 14.1. The highest BCUT2D eigenvalue weighted by atomic mass is 16.4. The summed E-state index contributed by atoms with van der Waals surface area (Å²) in [6.07, 6.45) is 2.01. The quantitative estimate of drug-likeness (QED) is 0.421. The number of carbonyl (C=O) groups is 2. The Labute approximate surface area is 172 Å². The Morgan fingerprint density at radius 2 is 1.87 bits per heavy atom. The van der Waals surface area contributed by atoms with Crippen molar-refractivity contribution in [3.8, 4) is 0 Å². The molecule has 0 saturated heterocycles. The molecule has 3 aromatic rings. The number of amides is 1. The number of aromatic nitrogens is 4. The maximum atomic E-state index is 12.4. The molecule has 2 heterocycles. The summed E-state index contributed by atoms with van der Waals surface area (Å²) in [5, 5.41) is 11.9. The number of carboxylic acids is 1. The SMILES string of the molecule is CN(CCCC(=O)O)C(=O)c1ccc(NCc2cnc3nc(N)nc(N)c3n2)cc1. The third kappa shape index (κ3) is 5.07. The molecule has 156 valence electrons. The second-order valence-corrected chi connectivity index (χ2v) is 6.66. The molecule has 0 aliphatic heterocycles. The zero-order valence-corrected chi connectivity index (χ0v) is 16.4. The molecule has 0 aliphatic rings. The van der Waals surface area contributed by atoms with E-state index in [-0.39, 0.29) is 24.1 Å². The number of anilines is 3. The van der Waals surface area contributed by atoms with Crippen molar-refractivity contribution < 1.29 is 14.7 Å². The lowest BCUT2D eigenvalue weighted by atomic mass is 10.1. The molecular formula is C19H22N8O3. The van der Waals surface area contributed by atoms with Gasteiger partial charge in [-0.2, -0.15) is 9.97 Å². The van der Waals surface area contributed by atoms with Crippen molar-refractivity contribution in [3.05, 3.63) is 41.7 Å². The second-order valence-electron chi connectivity index (χ2n) is 6.66. The fraction of sp³-hybridized carbons (Fsp3) is 0.263. The minimum absolute atomic E-state index is 0.0311. The first-order valence-electron chi connectivity index (χ1n) is 9.19. The number of aliphatic carboxylic acids is 1. The van der Waals surface area contributed by atoms with Crippen LogP contribution < -0.4 is 16.8 Å². The molecule has 30 heavy (non-hydrogen) atoms. The summed E-state index contributed by atoms with van der Waals surface area (Å²) in [6.45, 7) is 0.763. The monoisotopic (exact) mass is 410 g/mol. The number of nitrogens with one attached hydrogen (secondary N) is 1. The predicted octanol–water partition coefficient (Wildman–Crippen LogP) is 1.13. The molecule has 0 fully saturated rings. The minimum atomic E-state index is -0.873. The number of nitrogen functional groups attached to an aromatic ring is 2. The van der Waals surface area contributed by atoms with Crippen LogP contribution in [0.4, 0.5) is 17.5 Å². The maximum Gasteiger partial charge on any atom is 0.303 e. The summed E-state index contributed by atoms with van der Waals surface area (Å²) < 4.78 is 0. The molecule has 0 bridgehead atoms. The molecule has 1 amide bonds. The first kappa shape index (κ1) is 20.7. The van der Waals surface area contributed by atoms with Gasteiger partial charge in [-0.05, 0) is 30.7 Å². The fourth-order valence-corrected chi connectivity index (χ4v) is 2.78. The van der Waals surface area contributed by atoms with Crippen molar-refractivity contribution in [2.75, 3.05) is 30.4 Å². The lowest BCUT2D eigenvalue weighted by Crippen LogP contribution is -2.28. The van der Waals surface area contributed by atoms with E-state index in [1.54, 1.807) is 37.5 Å². The summed E-state index contributed by atoms with van der Waals surface area (Å²) in [4.78, 5) is 41.0. The minimum Gasteiger partial charge on any atom is -0.481 e. The molecule has 0 spiro atoms. The Hall–Kier alpha value is -4.02. The van der Waals surface area contributed by atoms with Crippen molar-refractivity contribution in [1.29, 1.82) is 0 Å². The highest BCUT2D eigenvalue weighted by Gasteiger charge is 2.12. The highest BCUT2D eigenvalue weighted by molar-refractivity contribution is 5.94. The Kier molecular flexibility index (Phi) is 6.20. The molecule has 11 nitrogen and oxygen atoms in total. The van der Waals surface area contributed by atoms with Crippen LogP contribution in [-0.2, 0) is 11.3 Å². The van der Waals surface area contributed by atoms with Gasteiger partial charge in [-0.3, -0.25) is 9.59 Å². The third-order valence-electron chi connectivity index (χ3n) is 4.34. The Morgan fingerprint density at radius 3 is 2.57 bits per heavy atom. The molecule has 0 saturated carbocycles. The lowest BCUT2D eigenvalue weighted by molar-refractivity contribution is -0.137. The summed E-state index contributed by atoms with van der Waals surface area (Å²) in [5.74, 6) is -0.826. The van der Waals surface area contributed by atoms with Crippen LogP contribution in [0.15, 0.2) is 30.5 Å². The number of hydrogen-bond donors (Lipinski definition) is 4. The predicted molar refractivity (Wildman–Crippen MR) is 112 cm³/mol. The van der Waals surface area contributed by atoms with Gasteiger partial charge in [-0.15, -0.1) is 0 Å². The fourth-order valence-electron chi connectivity index (χ4n) is 2.78. The number of carbonyl (C=O) groups excluding carboxylic acids is 1. The molecule has 0 aliphatic carbocycles. The van der Waals surface area contributed by atoms with E-state index in [0.29, 0.717) is 41.9 Å². The molecule has 6 N–H and O–H groups in total. The molecule has 0 atom stereocenters. The van der Waals surface area contributed by atoms with Gasteiger partial charge in [0.15, 0.2) is 17.0 Å². The van der Waals surface area contributed by atoms with Gasteiger partial charge < -0.3 is 26.8 Å². The second kappa shape index (κ2) is 8.99. The smallest absolute Gasteiger partial charge is 0.303 e. The number of rotatable bonds is 8. The van der Waals surface area contributed by atoms with Gasteiger partial charge in [0.05, 0.1) is 18.4 Å². The number of hydrogen-bond acceptors (Lipinski definition) is 9. The maximum absolute atomic E-state index is 12.4. The average Bonchev–Trinajstić information content (AvgIpc) is 2.72. The number of fused-ring (bicyclic) bond motifs is 1. The van der Waals surface area contributed by atoms with Crippen LogP contribution in [0.1, 0.15) is 28.9 Å². The molecule has 11 heteroatoms. The van der Waals surface area contributed by atoms with E-state index >= 15 is 0 Å². The van der Waals surface area contributed by atoms with E-state index in [4.69, 9.17) is 16.6 Å². The number of benzene rings is 1. The van der Waals surface area contributed by atoms with Crippen LogP contribution >= 0.6 is 0 Å². The van der Waals surface area contributed by atoms with Crippen LogP contribution in [0.2, 0.25) is 0 Å². The van der Waals surface area contributed by atoms with Gasteiger partial charge in [-0.25, -0.2) is 9.97 Å². The van der Waals surface area contributed by atoms with E-state index in [9.17, 15) is 9.59 Å². The van der Waals surface area contributed by atoms with Gasteiger partial charge in [0.2, 0.25) is 5.95 Å². The van der Waals surface area contributed by atoms with Crippen LogP contribution in [0.25, 0.3) is 11.2 Å². The average molecular weight is 410 g/mol. The Morgan fingerprint density at radius 1 is 1.13 bits per heavy atom. The zero-order chi connectivity index (χ0) is 21.7. The van der Waals surface area contributed by atoms with Crippen molar-refractivity contribution in [3.63, 3.8) is 0 Å². The van der Waals surface area contributed by atoms with Crippen LogP contribution in [0.3, 0.4) is 0 Å². The normalized spacial score (nSPS) is 10.7. The summed E-state index contributed by atoms with van der Waals surface area (Å²) in [6, 6.07) is 6.98. The van der Waals surface area contributed by atoms with E-state index in [2.05, 4.69) is 25.3 Å². The van der Waals surface area contributed by atoms with Gasteiger partial charge in [0.25, 0.3) is 5.91 Å². The highest BCUT2D eigenvalue weighted by Crippen LogP contribution is 2.16. The molecule has 2 aromatic heterocycles. The van der Waals surface area contributed by atoms with E-state index in [1.807, 2.05) is 0 Å². The van der Waals surface area contributed by atoms with Crippen molar-refractivity contribution in [2.24, 2.45) is 0 Å². The largest absolute Gasteiger partial charge is 0.481 e. The molecule has 1 aromatic carbocycles. The van der Waals surface area contributed by atoms with Gasteiger partial charge in [-0.1, -0.05) is 0 Å². The Balaban J connectivity index is 1.60. The van der Waals surface area contributed by atoms with Gasteiger partial charge in [0.1, 0.15) is 0 Å². The van der Waals surface area contributed by atoms with E-state index in [0.717, 1.165) is 5.69 Å². The zero-order valence-electron chi connectivity index (χ0n) is 16.4. The van der Waals surface area contributed by atoms with Crippen LogP contribution in [0.5, 0.6) is 0 Å². The van der Waals surface area contributed by atoms with Gasteiger partial charge >= 0.3 is 5.97 Å². The van der Waals surface area contributed by atoms with E-state index < -0.39 is 5.97 Å². The summed E-state index contributed by atoms with van der Waals surface area (Å²) >= 11 is 0. The molecule has 0 unspecified atom stereocenters. The number of carboxylic acid groups (broad SMARTS) is 1. The summed E-state index contributed by atoms with van der Waals surface area (Å²) in [7, 11) is 1.65. The number of nitrogens with zero attached hydrogens (tertiary/aromatic N) is 5. The van der Waals surface area contributed by atoms with E-state index in [1.165, 1.54) is 4.90 Å². The van der Waals surface area contributed by atoms with Crippen LogP contribution in [-0.4, -0.2) is 55.4 Å². The standard InChI is InChI=1S/C19H22N8O3/c1-27(8-2-3-14(28)29)18(30)11-4-6-12(7-5-11)22-9-13-10-23-17-15(24-13)16(20)25-19(21)26-17/h4-7,10,22H,2-3,8-9H2,1H3,(H,28,29)(H4,20,21,23,25,26). The van der Waals surface area contributed by atoms with Crippen molar-refractivity contribution in [1.82, 2.24) is 24.8 Å². The van der Waals surface area contributed by atoms with Crippen molar-refractivity contribution in [2.45, 2.75) is 19.4 Å². The third-order valence-corrected chi connectivity index (χ3v) is 4.34. The molecule has 0 radical (unpaired) electrons. The Bertz CT molecular complexity index is 1070. The van der Waals surface area contributed by atoms with Crippen LogP contribution in [0, 0.1) is 0 Å². The molecular weight excluding hydrogens is 388 g/mol. The first-order chi connectivity index (χ1) is 14.3. The van der Waals surface area contributed by atoms with Crippen molar-refractivity contribution >= 4 is 40.5 Å².